The minimum Gasteiger partial charge on any atom is -0.378 e. The van der Waals surface area contributed by atoms with Crippen molar-refractivity contribution in [1.29, 1.82) is 0 Å². The summed E-state index contributed by atoms with van der Waals surface area (Å²) in [6, 6.07) is 1.88. The standard InChI is InChI=1S/C15H22N4O2/c1-11-10-14(17-12(2)16-11)19-5-3-4-13(19)15(20)18-6-8-21-9-7-18/h10,13H,3-9H2,1-2H3/t13-/m1/s1. The Morgan fingerprint density at radius 2 is 2.00 bits per heavy atom. The quantitative estimate of drug-likeness (QED) is 0.810. The topological polar surface area (TPSA) is 58.6 Å². The molecule has 1 aromatic heterocycles. The second-order valence-corrected chi connectivity index (χ2v) is 5.70. The normalized spacial score (nSPS) is 22.7. The van der Waals surface area contributed by atoms with Crippen LogP contribution in [0.1, 0.15) is 24.4 Å². The summed E-state index contributed by atoms with van der Waals surface area (Å²) >= 11 is 0. The number of anilines is 1. The molecule has 3 heterocycles. The molecule has 0 radical (unpaired) electrons. The van der Waals surface area contributed by atoms with E-state index in [1.54, 1.807) is 0 Å². The van der Waals surface area contributed by atoms with Gasteiger partial charge in [0.25, 0.3) is 0 Å². The van der Waals surface area contributed by atoms with Gasteiger partial charge in [-0.05, 0) is 26.7 Å². The van der Waals surface area contributed by atoms with Crippen LogP contribution in [0.4, 0.5) is 5.82 Å². The first-order valence-electron chi connectivity index (χ1n) is 7.60. The average Bonchev–Trinajstić information content (AvgIpc) is 2.96. The molecule has 0 saturated carbocycles. The Morgan fingerprint density at radius 1 is 1.24 bits per heavy atom. The van der Waals surface area contributed by atoms with Crippen molar-refractivity contribution < 1.29 is 9.53 Å². The van der Waals surface area contributed by atoms with Crippen LogP contribution in [0.5, 0.6) is 0 Å². The third kappa shape index (κ3) is 3.00. The van der Waals surface area contributed by atoms with E-state index in [-0.39, 0.29) is 11.9 Å². The van der Waals surface area contributed by atoms with E-state index in [0.717, 1.165) is 36.7 Å². The Hall–Kier alpha value is -1.69. The molecule has 2 saturated heterocycles. The van der Waals surface area contributed by atoms with Crippen molar-refractivity contribution in [1.82, 2.24) is 14.9 Å². The van der Waals surface area contributed by atoms with E-state index in [9.17, 15) is 4.79 Å². The van der Waals surface area contributed by atoms with Crippen LogP contribution in [-0.2, 0) is 9.53 Å². The summed E-state index contributed by atoms with van der Waals surface area (Å²) in [5.41, 5.74) is 0.946. The lowest BCUT2D eigenvalue weighted by Gasteiger charge is -2.33. The molecule has 0 aromatic carbocycles. The molecular formula is C15H22N4O2. The lowest BCUT2D eigenvalue weighted by Crippen LogP contribution is -2.50. The van der Waals surface area contributed by atoms with E-state index in [1.165, 1.54) is 0 Å². The van der Waals surface area contributed by atoms with Crippen molar-refractivity contribution in [3.63, 3.8) is 0 Å². The number of rotatable bonds is 2. The molecule has 2 fully saturated rings. The summed E-state index contributed by atoms with van der Waals surface area (Å²) in [6.45, 7) is 7.43. The van der Waals surface area contributed by atoms with Crippen LogP contribution in [0.25, 0.3) is 0 Å². The Morgan fingerprint density at radius 3 is 2.71 bits per heavy atom. The van der Waals surface area contributed by atoms with E-state index in [4.69, 9.17) is 4.74 Å². The molecule has 0 bridgehead atoms. The maximum absolute atomic E-state index is 12.7. The monoisotopic (exact) mass is 290 g/mol. The van der Waals surface area contributed by atoms with Crippen molar-refractivity contribution in [2.75, 3.05) is 37.7 Å². The summed E-state index contributed by atoms with van der Waals surface area (Å²) in [4.78, 5) is 25.6. The SMILES string of the molecule is Cc1cc(N2CCC[C@@H]2C(=O)N2CCOCC2)nc(C)n1. The van der Waals surface area contributed by atoms with Gasteiger partial charge in [-0.15, -0.1) is 0 Å². The summed E-state index contributed by atoms with van der Waals surface area (Å²) in [7, 11) is 0. The van der Waals surface area contributed by atoms with Crippen LogP contribution < -0.4 is 4.90 Å². The second kappa shape index (κ2) is 5.97. The van der Waals surface area contributed by atoms with E-state index in [0.29, 0.717) is 26.3 Å². The predicted octanol–water partition coefficient (Wildman–Crippen LogP) is 0.921. The number of hydrogen-bond donors (Lipinski definition) is 0. The maximum atomic E-state index is 12.7. The molecule has 3 rings (SSSR count). The van der Waals surface area contributed by atoms with E-state index in [1.807, 2.05) is 24.8 Å². The van der Waals surface area contributed by atoms with Gasteiger partial charge < -0.3 is 14.5 Å². The third-order valence-corrected chi connectivity index (χ3v) is 4.11. The van der Waals surface area contributed by atoms with Crippen LogP contribution in [-0.4, -0.2) is 59.7 Å². The van der Waals surface area contributed by atoms with Crippen molar-refractivity contribution in [3.8, 4) is 0 Å². The zero-order chi connectivity index (χ0) is 14.8. The zero-order valence-electron chi connectivity index (χ0n) is 12.7. The molecule has 1 atom stereocenters. The average molecular weight is 290 g/mol. The number of hydrogen-bond acceptors (Lipinski definition) is 5. The molecular weight excluding hydrogens is 268 g/mol. The highest BCUT2D eigenvalue weighted by Gasteiger charge is 2.35. The van der Waals surface area contributed by atoms with Crippen LogP contribution in [0.2, 0.25) is 0 Å². The number of carbonyl (C=O) groups excluding carboxylic acids is 1. The molecule has 6 nitrogen and oxygen atoms in total. The molecule has 0 unspecified atom stereocenters. The third-order valence-electron chi connectivity index (χ3n) is 4.11. The van der Waals surface area contributed by atoms with Gasteiger partial charge in [0.05, 0.1) is 13.2 Å². The minimum absolute atomic E-state index is 0.0863. The lowest BCUT2D eigenvalue weighted by atomic mass is 10.2. The van der Waals surface area contributed by atoms with E-state index >= 15 is 0 Å². The predicted molar refractivity (Wildman–Crippen MR) is 79.3 cm³/mol. The first-order chi connectivity index (χ1) is 10.1. The minimum atomic E-state index is -0.0863. The van der Waals surface area contributed by atoms with E-state index < -0.39 is 0 Å². The molecule has 2 aliphatic heterocycles. The van der Waals surface area contributed by atoms with Gasteiger partial charge in [0, 0.05) is 31.4 Å². The van der Waals surface area contributed by atoms with Crippen molar-refractivity contribution >= 4 is 11.7 Å². The fourth-order valence-corrected chi connectivity index (χ4v) is 3.14. The van der Waals surface area contributed by atoms with Gasteiger partial charge in [0.1, 0.15) is 17.7 Å². The van der Waals surface area contributed by atoms with Crippen LogP contribution in [0, 0.1) is 13.8 Å². The zero-order valence-corrected chi connectivity index (χ0v) is 12.7. The highest BCUT2D eigenvalue weighted by molar-refractivity contribution is 5.85. The first-order valence-corrected chi connectivity index (χ1v) is 7.60. The number of aromatic nitrogens is 2. The number of morpholine rings is 1. The fraction of sp³-hybridized carbons (Fsp3) is 0.667. The maximum Gasteiger partial charge on any atom is 0.245 e. The van der Waals surface area contributed by atoms with Gasteiger partial charge in [0.15, 0.2) is 0 Å². The van der Waals surface area contributed by atoms with Crippen molar-refractivity contribution in [2.45, 2.75) is 32.7 Å². The van der Waals surface area contributed by atoms with E-state index in [2.05, 4.69) is 14.9 Å². The Kier molecular flexibility index (Phi) is 4.05. The molecule has 6 heteroatoms. The largest absolute Gasteiger partial charge is 0.378 e. The smallest absolute Gasteiger partial charge is 0.245 e. The Labute approximate surface area is 125 Å². The van der Waals surface area contributed by atoms with Crippen LogP contribution in [0.15, 0.2) is 6.07 Å². The molecule has 0 spiro atoms. The molecule has 1 amide bonds. The number of nitrogens with zero attached hydrogens (tertiary/aromatic N) is 4. The summed E-state index contributed by atoms with van der Waals surface area (Å²) in [5, 5.41) is 0. The van der Waals surface area contributed by atoms with Gasteiger partial charge in [-0.2, -0.15) is 0 Å². The molecule has 0 N–H and O–H groups in total. The number of amides is 1. The van der Waals surface area contributed by atoms with Gasteiger partial charge in [-0.25, -0.2) is 9.97 Å². The van der Waals surface area contributed by atoms with Gasteiger partial charge in [-0.3, -0.25) is 4.79 Å². The summed E-state index contributed by atoms with van der Waals surface area (Å²) in [6.07, 6.45) is 1.93. The van der Waals surface area contributed by atoms with Gasteiger partial charge in [0.2, 0.25) is 5.91 Å². The highest BCUT2D eigenvalue weighted by Crippen LogP contribution is 2.26. The molecule has 0 aliphatic carbocycles. The number of aryl methyl sites for hydroxylation is 2. The molecule has 21 heavy (non-hydrogen) atoms. The Balaban J connectivity index is 1.79. The molecule has 114 valence electrons. The van der Waals surface area contributed by atoms with Gasteiger partial charge >= 0.3 is 0 Å². The summed E-state index contributed by atoms with van der Waals surface area (Å²) in [5.74, 6) is 1.85. The number of carbonyl (C=O) groups is 1. The van der Waals surface area contributed by atoms with Gasteiger partial charge in [-0.1, -0.05) is 0 Å². The summed E-state index contributed by atoms with van der Waals surface area (Å²) < 4.78 is 5.33. The Bertz CT molecular complexity index is 508. The van der Waals surface area contributed by atoms with Crippen molar-refractivity contribution in [2.24, 2.45) is 0 Å². The lowest BCUT2D eigenvalue weighted by molar-refractivity contribution is -0.136. The molecule has 2 aliphatic rings. The number of ether oxygens (including phenoxy) is 1. The van der Waals surface area contributed by atoms with Crippen LogP contribution in [0.3, 0.4) is 0 Å². The fourth-order valence-electron chi connectivity index (χ4n) is 3.14. The van der Waals surface area contributed by atoms with Crippen LogP contribution >= 0.6 is 0 Å². The second-order valence-electron chi connectivity index (χ2n) is 5.70. The highest BCUT2D eigenvalue weighted by atomic mass is 16.5. The molecule has 1 aromatic rings. The van der Waals surface area contributed by atoms with Crippen molar-refractivity contribution in [3.05, 3.63) is 17.6 Å². The first kappa shape index (κ1) is 14.3.